The normalized spacial score (nSPS) is 10.7. The van der Waals surface area contributed by atoms with Crippen molar-refractivity contribution in [3.63, 3.8) is 0 Å². The number of rotatable bonds is 3. The van der Waals surface area contributed by atoms with Crippen molar-refractivity contribution in [2.24, 2.45) is 0 Å². The molecule has 0 spiro atoms. The fraction of sp³-hybridized carbons (Fsp3) is 0.200. The zero-order chi connectivity index (χ0) is 15.7. The van der Waals surface area contributed by atoms with E-state index < -0.39 is 23.8 Å². The van der Waals surface area contributed by atoms with Crippen LogP contribution in [0.1, 0.15) is 27.3 Å². The van der Waals surface area contributed by atoms with Gasteiger partial charge < -0.3 is 15.2 Å². The van der Waals surface area contributed by atoms with Crippen LogP contribution >= 0.6 is 0 Å². The van der Waals surface area contributed by atoms with Gasteiger partial charge in [-0.2, -0.15) is 0 Å². The van der Waals surface area contributed by atoms with Crippen molar-refractivity contribution in [2.45, 2.75) is 20.5 Å². The number of aliphatic hydroxyl groups excluding tert-OH is 1. The molecule has 2 aromatic rings. The molecule has 0 aliphatic heterocycles. The van der Waals surface area contributed by atoms with Gasteiger partial charge in [-0.15, -0.1) is 0 Å². The molecule has 21 heavy (non-hydrogen) atoms. The van der Waals surface area contributed by atoms with Gasteiger partial charge in [-0.3, -0.25) is 4.79 Å². The van der Waals surface area contributed by atoms with Crippen molar-refractivity contribution in [3.05, 3.63) is 56.8 Å². The van der Waals surface area contributed by atoms with E-state index in [1.165, 1.54) is 13.0 Å². The highest BCUT2D eigenvalue weighted by Crippen LogP contribution is 2.25. The van der Waals surface area contributed by atoms with Crippen LogP contribution in [0.3, 0.4) is 0 Å². The van der Waals surface area contributed by atoms with Crippen molar-refractivity contribution < 1.29 is 19.4 Å². The molecule has 0 fully saturated rings. The number of benzene rings is 1. The number of aryl methyl sites for hydroxylation is 2. The van der Waals surface area contributed by atoms with Crippen LogP contribution in [0.25, 0.3) is 11.1 Å². The Kier molecular flexibility index (Phi) is 3.90. The Bertz CT molecular complexity index is 780. The van der Waals surface area contributed by atoms with Gasteiger partial charge in [-0.05, 0) is 37.1 Å². The Morgan fingerprint density at radius 2 is 1.95 bits per heavy atom. The first-order chi connectivity index (χ1) is 9.86. The molecule has 6 heteroatoms. The molecule has 5 nitrogen and oxygen atoms in total. The smallest absolute Gasteiger partial charge is 0.341 e. The summed E-state index contributed by atoms with van der Waals surface area (Å²) in [5.74, 6) is -1.87. The number of hydrogen-bond donors (Lipinski definition) is 3. The molecule has 0 aliphatic carbocycles. The Hall–Kier alpha value is -2.47. The zero-order valence-corrected chi connectivity index (χ0v) is 11.5. The average Bonchev–Trinajstić information content (AvgIpc) is 2.39. The lowest BCUT2D eigenvalue weighted by molar-refractivity contribution is 0.0694. The molecule has 0 saturated carbocycles. The molecule has 1 aromatic carbocycles. The van der Waals surface area contributed by atoms with Crippen LogP contribution in [-0.4, -0.2) is 21.2 Å². The number of pyridine rings is 1. The number of carboxylic acids is 1. The first-order valence-corrected chi connectivity index (χ1v) is 6.23. The van der Waals surface area contributed by atoms with Gasteiger partial charge in [0, 0.05) is 17.0 Å². The second kappa shape index (κ2) is 5.49. The molecule has 0 bridgehead atoms. The van der Waals surface area contributed by atoms with Crippen molar-refractivity contribution in [1.82, 2.24) is 4.98 Å². The van der Waals surface area contributed by atoms with Crippen molar-refractivity contribution in [1.29, 1.82) is 0 Å². The standard InChI is InChI=1S/C15H14FNO4/c1-7-12(11-4-3-10(16)5-9(11)6-18)14(19)13(15(20)21)8(2)17-7/h3-5,18H,6H2,1-2H3,(H,17,19)(H,20,21). The van der Waals surface area contributed by atoms with Gasteiger partial charge in [-0.1, -0.05) is 6.07 Å². The molecule has 0 saturated heterocycles. The SMILES string of the molecule is Cc1[nH]c(C)c(-c2ccc(F)cc2CO)c(=O)c1C(=O)O. The van der Waals surface area contributed by atoms with E-state index in [0.717, 1.165) is 12.1 Å². The van der Waals surface area contributed by atoms with Gasteiger partial charge in [0.15, 0.2) is 0 Å². The number of hydrogen-bond acceptors (Lipinski definition) is 3. The van der Waals surface area contributed by atoms with E-state index in [2.05, 4.69) is 4.98 Å². The average molecular weight is 291 g/mol. The minimum atomic E-state index is -1.33. The zero-order valence-electron chi connectivity index (χ0n) is 11.5. The predicted molar refractivity (Wildman–Crippen MR) is 74.8 cm³/mol. The molecule has 1 aromatic heterocycles. The van der Waals surface area contributed by atoms with Crippen LogP contribution < -0.4 is 5.43 Å². The Labute approximate surface area is 119 Å². The summed E-state index contributed by atoms with van der Waals surface area (Å²) in [5, 5.41) is 18.5. The fourth-order valence-corrected chi connectivity index (χ4v) is 2.39. The molecule has 0 amide bonds. The fourth-order valence-electron chi connectivity index (χ4n) is 2.39. The summed E-state index contributed by atoms with van der Waals surface area (Å²) in [7, 11) is 0. The number of aromatic nitrogens is 1. The number of aromatic carboxylic acids is 1. The second-order valence-corrected chi connectivity index (χ2v) is 4.72. The van der Waals surface area contributed by atoms with E-state index in [4.69, 9.17) is 5.11 Å². The minimum Gasteiger partial charge on any atom is -0.477 e. The van der Waals surface area contributed by atoms with E-state index in [0.29, 0.717) is 11.3 Å². The predicted octanol–water partition coefficient (Wildman–Crippen LogP) is 1.99. The Balaban J connectivity index is 2.85. The molecule has 110 valence electrons. The monoisotopic (exact) mass is 291 g/mol. The third-order valence-electron chi connectivity index (χ3n) is 3.30. The minimum absolute atomic E-state index is 0.127. The van der Waals surface area contributed by atoms with Crippen molar-refractivity contribution in [2.75, 3.05) is 0 Å². The first kappa shape index (κ1) is 14.9. The molecule has 2 rings (SSSR count). The highest BCUT2D eigenvalue weighted by Gasteiger charge is 2.20. The van der Waals surface area contributed by atoms with Crippen molar-refractivity contribution >= 4 is 5.97 Å². The maximum atomic E-state index is 13.2. The molecule has 0 unspecified atom stereocenters. The quantitative estimate of drug-likeness (QED) is 0.806. The van der Waals surface area contributed by atoms with Crippen molar-refractivity contribution in [3.8, 4) is 11.1 Å². The summed E-state index contributed by atoms with van der Waals surface area (Å²) in [4.78, 5) is 26.5. The first-order valence-electron chi connectivity index (χ1n) is 6.23. The number of carbonyl (C=O) groups is 1. The van der Waals surface area contributed by atoms with Gasteiger partial charge in [0.05, 0.1) is 6.61 Å². The third kappa shape index (κ3) is 2.57. The summed E-state index contributed by atoms with van der Waals surface area (Å²) >= 11 is 0. The molecule has 1 heterocycles. The summed E-state index contributed by atoms with van der Waals surface area (Å²) < 4.78 is 13.2. The molecular weight excluding hydrogens is 277 g/mol. The van der Waals surface area contributed by atoms with Crippen LogP contribution in [0.15, 0.2) is 23.0 Å². The van der Waals surface area contributed by atoms with Crippen LogP contribution in [-0.2, 0) is 6.61 Å². The lowest BCUT2D eigenvalue weighted by atomic mass is 9.96. The number of aromatic amines is 1. The highest BCUT2D eigenvalue weighted by molar-refractivity contribution is 5.90. The lowest BCUT2D eigenvalue weighted by Gasteiger charge is -2.12. The maximum absolute atomic E-state index is 13.2. The number of H-pyrrole nitrogens is 1. The van der Waals surface area contributed by atoms with E-state index in [9.17, 15) is 19.1 Å². The van der Waals surface area contributed by atoms with Crippen LogP contribution in [0.2, 0.25) is 0 Å². The largest absolute Gasteiger partial charge is 0.477 e. The van der Waals surface area contributed by atoms with E-state index in [-0.39, 0.29) is 22.4 Å². The molecule has 0 atom stereocenters. The van der Waals surface area contributed by atoms with Gasteiger partial charge in [-0.25, -0.2) is 9.18 Å². The Morgan fingerprint density at radius 3 is 2.52 bits per heavy atom. The van der Waals surface area contributed by atoms with Crippen LogP contribution in [0.4, 0.5) is 4.39 Å². The Morgan fingerprint density at radius 1 is 1.29 bits per heavy atom. The molecule has 3 N–H and O–H groups in total. The number of nitrogens with one attached hydrogen (secondary N) is 1. The number of halogens is 1. The molecule has 0 aliphatic rings. The summed E-state index contributed by atoms with van der Waals surface area (Å²) in [6, 6.07) is 3.64. The molecule has 0 radical (unpaired) electrons. The van der Waals surface area contributed by atoms with Crippen LogP contribution in [0.5, 0.6) is 0 Å². The molecular formula is C15H14FNO4. The van der Waals surface area contributed by atoms with E-state index in [1.807, 2.05) is 0 Å². The topological polar surface area (TPSA) is 90.4 Å². The van der Waals surface area contributed by atoms with Gasteiger partial charge in [0.2, 0.25) is 5.43 Å². The summed E-state index contributed by atoms with van der Waals surface area (Å²) in [6.45, 7) is 2.67. The lowest BCUT2D eigenvalue weighted by Crippen LogP contribution is -2.21. The van der Waals surface area contributed by atoms with E-state index >= 15 is 0 Å². The summed E-state index contributed by atoms with van der Waals surface area (Å²) in [6.07, 6.45) is 0. The maximum Gasteiger partial charge on any atom is 0.341 e. The second-order valence-electron chi connectivity index (χ2n) is 4.72. The van der Waals surface area contributed by atoms with E-state index in [1.54, 1.807) is 6.92 Å². The van der Waals surface area contributed by atoms with Gasteiger partial charge in [0.25, 0.3) is 0 Å². The number of aliphatic hydroxyl groups is 1. The van der Waals surface area contributed by atoms with Crippen LogP contribution in [0, 0.1) is 19.7 Å². The third-order valence-corrected chi connectivity index (χ3v) is 3.30. The number of carboxylic acid groups (broad SMARTS) is 1. The van der Waals surface area contributed by atoms with Gasteiger partial charge in [0.1, 0.15) is 11.4 Å². The summed E-state index contributed by atoms with van der Waals surface area (Å²) in [5.41, 5.74) is 0.373. The van der Waals surface area contributed by atoms with Gasteiger partial charge >= 0.3 is 5.97 Å². The highest BCUT2D eigenvalue weighted by atomic mass is 19.1.